The van der Waals surface area contributed by atoms with Crippen molar-refractivity contribution in [3.8, 4) is 11.4 Å². The van der Waals surface area contributed by atoms with Crippen molar-refractivity contribution in [2.24, 2.45) is 0 Å². The van der Waals surface area contributed by atoms with Crippen molar-refractivity contribution in [3.63, 3.8) is 0 Å². The van der Waals surface area contributed by atoms with Crippen LogP contribution in [0, 0.1) is 6.92 Å². The number of ether oxygens (including phenoxy) is 1. The lowest BCUT2D eigenvalue weighted by Crippen LogP contribution is -2.05. The van der Waals surface area contributed by atoms with Gasteiger partial charge in [0.05, 0.1) is 7.11 Å². The molecule has 0 amide bonds. The Balaban J connectivity index is 2.47. The fourth-order valence-electron chi connectivity index (χ4n) is 1.54. The molecule has 0 saturated heterocycles. The molecule has 0 aliphatic rings. The van der Waals surface area contributed by atoms with Crippen LogP contribution in [-0.4, -0.2) is 23.0 Å². The summed E-state index contributed by atoms with van der Waals surface area (Å²) < 4.78 is 5.46. The van der Waals surface area contributed by atoms with Gasteiger partial charge in [0.15, 0.2) is 5.82 Å². The molecule has 0 spiro atoms. The van der Waals surface area contributed by atoms with Gasteiger partial charge in [0, 0.05) is 16.2 Å². The van der Waals surface area contributed by atoms with Crippen LogP contribution in [-0.2, 0) is 4.74 Å². The molecular weight excluding hydrogens is 332 g/mol. The lowest BCUT2D eigenvalue weighted by atomic mass is 10.1. The number of nitrogens with zero attached hydrogens (tertiary/aromatic N) is 2. The monoisotopic (exact) mass is 340 g/mol. The summed E-state index contributed by atoms with van der Waals surface area (Å²) in [6.07, 6.45) is 1.36. The fourth-order valence-corrected chi connectivity index (χ4v) is 2.42. The van der Waals surface area contributed by atoms with Crippen LogP contribution in [0.25, 0.3) is 11.4 Å². The zero-order chi connectivity index (χ0) is 14.0. The summed E-state index contributed by atoms with van der Waals surface area (Å²) in [4.78, 5) is 19.7. The molecule has 0 bridgehead atoms. The van der Waals surface area contributed by atoms with Crippen molar-refractivity contribution >= 4 is 33.5 Å². The predicted molar refractivity (Wildman–Crippen MR) is 76.3 cm³/mol. The summed E-state index contributed by atoms with van der Waals surface area (Å²) >= 11 is 9.42. The Hall–Kier alpha value is -1.46. The maximum Gasteiger partial charge on any atom is 0.342 e. The van der Waals surface area contributed by atoms with Gasteiger partial charge in [-0.15, -0.1) is 0 Å². The minimum atomic E-state index is -0.556. The van der Waals surface area contributed by atoms with Crippen molar-refractivity contribution in [2.45, 2.75) is 6.92 Å². The van der Waals surface area contributed by atoms with Crippen LogP contribution in [0.3, 0.4) is 0 Å². The third-order valence-electron chi connectivity index (χ3n) is 2.51. The average molecular weight is 342 g/mol. The molecule has 19 heavy (non-hydrogen) atoms. The number of rotatable bonds is 2. The number of carbonyl (C=O) groups is 1. The fraction of sp³-hybridized carbons (Fsp3) is 0.154. The number of carbonyl (C=O) groups excluding carboxylic acids is 1. The van der Waals surface area contributed by atoms with Gasteiger partial charge in [-0.25, -0.2) is 14.8 Å². The molecule has 1 aromatic carbocycles. The van der Waals surface area contributed by atoms with E-state index >= 15 is 0 Å². The SMILES string of the molecule is COC(=O)c1cnc(-c2ccc(C)cc2Br)nc1Cl. The molecular formula is C13H10BrClN2O2. The molecule has 0 fully saturated rings. The van der Waals surface area contributed by atoms with Crippen molar-refractivity contribution in [1.82, 2.24) is 9.97 Å². The van der Waals surface area contributed by atoms with Gasteiger partial charge in [0.1, 0.15) is 10.7 Å². The van der Waals surface area contributed by atoms with Gasteiger partial charge in [-0.05, 0) is 24.6 Å². The first-order valence-corrected chi connectivity index (χ1v) is 6.57. The number of aryl methyl sites for hydroxylation is 1. The molecule has 4 nitrogen and oxygen atoms in total. The van der Waals surface area contributed by atoms with E-state index in [0.29, 0.717) is 5.82 Å². The van der Waals surface area contributed by atoms with Crippen LogP contribution in [0.1, 0.15) is 15.9 Å². The summed E-state index contributed by atoms with van der Waals surface area (Å²) in [7, 11) is 1.28. The Bertz CT molecular complexity index is 647. The number of esters is 1. The van der Waals surface area contributed by atoms with Crippen LogP contribution in [0.5, 0.6) is 0 Å². The molecule has 0 aliphatic heterocycles. The predicted octanol–water partition coefficient (Wildman–Crippen LogP) is 3.65. The average Bonchev–Trinajstić information content (AvgIpc) is 2.37. The van der Waals surface area contributed by atoms with E-state index in [2.05, 4.69) is 30.6 Å². The van der Waals surface area contributed by atoms with Gasteiger partial charge >= 0.3 is 5.97 Å². The highest BCUT2D eigenvalue weighted by atomic mass is 79.9. The Morgan fingerprint density at radius 2 is 2.16 bits per heavy atom. The van der Waals surface area contributed by atoms with E-state index in [0.717, 1.165) is 15.6 Å². The number of hydrogen-bond donors (Lipinski definition) is 0. The van der Waals surface area contributed by atoms with Crippen molar-refractivity contribution in [2.75, 3.05) is 7.11 Å². The Kier molecular flexibility index (Phi) is 4.17. The Labute approximate surface area is 123 Å². The molecule has 0 N–H and O–H groups in total. The number of aromatic nitrogens is 2. The molecule has 98 valence electrons. The van der Waals surface area contributed by atoms with Gasteiger partial charge in [-0.1, -0.05) is 33.6 Å². The molecule has 2 rings (SSSR count). The van der Waals surface area contributed by atoms with Crippen LogP contribution in [0.4, 0.5) is 0 Å². The summed E-state index contributed by atoms with van der Waals surface area (Å²) in [5, 5.41) is 0.0734. The summed E-state index contributed by atoms with van der Waals surface area (Å²) in [5.41, 5.74) is 2.08. The van der Waals surface area contributed by atoms with Crippen LogP contribution in [0.15, 0.2) is 28.9 Å². The summed E-state index contributed by atoms with van der Waals surface area (Å²) in [6.45, 7) is 1.99. The maximum atomic E-state index is 11.4. The second-order valence-electron chi connectivity index (χ2n) is 3.87. The molecule has 0 atom stereocenters. The van der Waals surface area contributed by atoms with Gasteiger partial charge in [0.2, 0.25) is 0 Å². The van der Waals surface area contributed by atoms with E-state index in [4.69, 9.17) is 11.6 Å². The standard InChI is InChI=1S/C13H10BrClN2O2/c1-7-3-4-8(10(14)5-7)12-16-6-9(11(15)17-12)13(18)19-2/h3-6H,1-2H3. The first-order valence-electron chi connectivity index (χ1n) is 5.40. The van der Waals surface area contributed by atoms with Gasteiger partial charge in [0.25, 0.3) is 0 Å². The second kappa shape index (κ2) is 5.67. The molecule has 0 radical (unpaired) electrons. The molecule has 0 aliphatic carbocycles. The van der Waals surface area contributed by atoms with Gasteiger partial charge in [-0.3, -0.25) is 0 Å². The number of hydrogen-bond acceptors (Lipinski definition) is 4. The zero-order valence-corrected chi connectivity index (χ0v) is 12.6. The smallest absolute Gasteiger partial charge is 0.342 e. The molecule has 0 saturated carbocycles. The first-order chi connectivity index (χ1) is 9.02. The van der Waals surface area contributed by atoms with E-state index in [1.807, 2.05) is 25.1 Å². The first kappa shape index (κ1) is 14.0. The van der Waals surface area contributed by atoms with Crippen molar-refractivity contribution in [1.29, 1.82) is 0 Å². The molecule has 6 heteroatoms. The minimum Gasteiger partial charge on any atom is -0.465 e. The summed E-state index contributed by atoms with van der Waals surface area (Å²) in [5.74, 6) is -0.107. The Morgan fingerprint density at radius 1 is 1.42 bits per heavy atom. The number of benzene rings is 1. The van der Waals surface area contributed by atoms with Crippen LogP contribution < -0.4 is 0 Å². The topological polar surface area (TPSA) is 52.1 Å². The third-order valence-corrected chi connectivity index (χ3v) is 3.46. The van der Waals surface area contributed by atoms with Gasteiger partial charge in [-0.2, -0.15) is 0 Å². The largest absolute Gasteiger partial charge is 0.465 e. The van der Waals surface area contributed by atoms with E-state index in [9.17, 15) is 4.79 Å². The molecule has 1 aromatic heterocycles. The normalized spacial score (nSPS) is 10.3. The maximum absolute atomic E-state index is 11.4. The summed E-state index contributed by atoms with van der Waals surface area (Å²) in [6, 6.07) is 5.80. The van der Waals surface area contributed by atoms with E-state index < -0.39 is 5.97 Å². The van der Waals surface area contributed by atoms with Crippen molar-refractivity contribution in [3.05, 3.63) is 45.1 Å². The molecule has 0 unspecified atom stereocenters. The zero-order valence-electron chi connectivity index (χ0n) is 10.3. The lowest BCUT2D eigenvalue weighted by Gasteiger charge is -2.06. The van der Waals surface area contributed by atoms with Crippen molar-refractivity contribution < 1.29 is 9.53 Å². The van der Waals surface area contributed by atoms with Crippen LogP contribution in [0.2, 0.25) is 5.15 Å². The Morgan fingerprint density at radius 3 is 2.74 bits per heavy atom. The third kappa shape index (κ3) is 2.93. The molecule has 1 heterocycles. The lowest BCUT2D eigenvalue weighted by molar-refractivity contribution is 0.0600. The van der Waals surface area contributed by atoms with E-state index in [1.54, 1.807) is 0 Å². The number of halogens is 2. The van der Waals surface area contributed by atoms with E-state index in [-0.39, 0.29) is 10.7 Å². The highest BCUT2D eigenvalue weighted by molar-refractivity contribution is 9.10. The molecule has 2 aromatic rings. The second-order valence-corrected chi connectivity index (χ2v) is 5.09. The number of methoxy groups -OCH3 is 1. The van der Waals surface area contributed by atoms with Gasteiger partial charge < -0.3 is 4.74 Å². The van der Waals surface area contributed by atoms with Crippen LogP contribution >= 0.6 is 27.5 Å². The highest BCUT2D eigenvalue weighted by Gasteiger charge is 2.15. The highest BCUT2D eigenvalue weighted by Crippen LogP contribution is 2.27. The van der Waals surface area contributed by atoms with E-state index in [1.165, 1.54) is 13.3 Å². The minimum absolute atomic E-state index is 0.0734. The quantitative estimate of drug-likeness (QED) is 0.618.